The molecular formula is C7H12N2O. The molecule has 5 N–H and O–H groups in total. The predicted octanol–water partition coefficient (Wildman–Crippen LogP) is 0.549. The molecular weight excluding hydrogens is 128 g/mol. The van der Waals surface area contributed by atoms with E-state index in [9.17, 15) is 0 Å². The number of nitrogens with two attached hydrogens (primary N) is 2. The third kappa shape index (κ3) is 2.94. The molecule has 0 heterocycles. The van der Waals surface area contributed by atoms with Gasteiger partial charge in [-0.15, -0.1) is 0 Å². The Balaban J connectivity index is 0.000000371. The van der Waals surface area contributed by atoms with Gasteiger partial charge in [-0.3, -0.25) is 0 Å². The smallest absolute Gasteiger partial charge is 0.115 e. The average Bonchev–Trinajstić information content (AvgIpc) is 2.00. The molecule has 0 unspecified atom stereocenters. The van der Waals surface area contributed by atoms with Crippen molar-refractivity contribution >= 4 is 5.69 Å². The fraction of sp³-hybridized carbons (Fsp3) is 0.143. The first-order valence-electron chi connectivity index (χ1n) is 2.91. The van der Waals surface area contributed by atoms with E-state index in [0.717, 1.165) is 0 Å². The molecule has 0 aliphatic rings. The van der Waals surface area contributed by atoms with Gasteiger partial charge in [0.25, 0.3) is 0 Å². The van der Waals surface area contributed by atoms with E-state index in [1.54, 1.807) is 24.3 Å². The van der Waals surface area contributed by atoms with Crippen molar-refractivity contribution in [3.8, 4) is 5.75 Å². The van der Waals surface area contributed by atoms with Gasteiger partial charge >= 0.3 is 0 Å². The molecule has 0 spiro atoms. The van der Waals surface area contributed by atoms with Gasteiger partial charge < -0.3 is 16.6 Å². The van der Waals surface area contributed by atoms with E-state index in [1.165, 1.54) is 7.05 Å². The lowest BCUT2D eigenvalue weighted by atomic mass is 10.3. The molecule has 0 aromatic heterocycles. The van der Waals surface area contributed by atoms with Crippen LogP contribution in [-0.4, -0.2) is 12.2 Å². The van der Waals surface area contributed by atoms with Gasteiger partial charge in [-0.25, -0.2) is 0 Å². The van der Waals surface area contributed by atoms with Crippen molar-refractivity contribution in [1.82, 2.24) is 0 Å². The zero-order valence-electron chi connectivity index (χ0n) is 5.91. The Morgan fingerprint density at radius 1 is 1.10 bits per heavy atom. The number of phenols is 1. The quantitative estimate of drug-likeness (QED) is 0.364. The summed E-state index contributed by atoms with van der Waals surface area (Å²) in [6.45, 7) is 0. The number of nitrogen functional groups attached to an aromatic ring is 1. The molecule has 1 aromatic carbocycles. The average molecular weight is 140 g/mol. The summed E-state index contributed by atoms with van der Waals surface area (Å²) in [5.74, 6) is 0.249. The van der Waals surface area contributed by atoms with Crippen LogP contribution in [-0.2, 0) is 0 Å². The molecule has 0 aliphatic carbocycles. The fourth-order valence-corrected chi connectivity index (χ4v) is 0.474. The maximum Gasteiger partial charge on any atom is 0.115 e. The first kappa shape index (κ1) is 8.78. The molecule has 0 amide bonds. The van der Waals surface area contributed by atoms with Gasteiger partial charge in [-0.1, -0.05) is 0 Å². The van der Waals surface area contributed by atoms with Gasteiger partial charge in [0.15, 0.2) is 0 Å². The lowest BCUT2D eigenvalue weighted by Gasteiger charge is -1.89. The monoisotopic (exact) mass is 140 g/mol. The Labute approximate surface area is 60.3 Å². The van der Waals surface area contributed by atoms with Gasteiger partial charge in [-0.05, 0) is 31.3 Å². The largest absolute Gasteiger partial charge is 0.508 e. The van der Waals surface area contributed by atoms with E-state index in [2.05, 4.69) is 5.73 Å². The maximum absolute atomic E-state index is 8.70. The summed E-state index contributed by atoms with van der Waals surface area (Å²) in [6.07, 6.45) is 0. The van der Waals surface area contributed by atoms with Gasteiger partial charge in [-0.2, -0.15) is 0 Å². The number of aromatic hydroxyl groups is 1. The highest BCUT2D eigenvalue weighted by Gasteiger charge is 1.82. The number of hydrogen-bond donors (Lipinski definition) is 3. The fourth-order valence-electron chi connectivity index (χ4n) is 0.474. The zero-order valence-corrected chi connectivity index (χ0v) is 5.91. The van der Waals surface area contributed by atoms with Crippen molar-refractivity contribution in [3.05, 3.63) is 24.3 Å². The minimum Gasteiger partial charge on any atom is -0.508 e. The summed E-state index contributed by atoms with van der Waals surface area (Å²) < 4.78 is 0. The molecule has 1 aromatic rings. The predicted molar refractivity (Wildman–Crippen MR) is 42.6 cm³/mol. The van der Waals surface area contributed by atoms with Gasteiger partial charge in [0, 0.05) is 5.69 Å². The SMILES string of the molecule is CN.Nc1ccc(O)cc1. The van der Waals surface area contributed by atoms with Gasteiger partial charge in [0.1, 0.15) is 5.75 Å². The molecule has 0 bridgehead atoms. The normalized spacial score (nSPS) is 7.80. The molecule has 10 heavy (non-hydrogen) atoms. The topological polar surface area (TPSA) is 72.3 Å². The Bertz CT molecular complexity index is 150. The number of hydrogen-bond acceptors (Lipinski definition) is 3. The third-order valence-corrected chi connectivity index (χ3v) is 0.893. The van der Waals surface area contributed by atoms with E-state index in [4.69, 9.17) is 10.8 Å². The summed E-state index contributed by atoms with van der Waals surface area (Å²) in [4.78, 5) is 0. The minimum absolute atomic E-state index is 0.249. The van der Waals surface area contributed by atoms with Crippen molar-refractivity contribution in [2.75, 3.05) is 12.8 Å². The molecule has 0 radical (unpaired) electrons. The van der Waals surface area contributed by atoms with Crippen molar-refractivity contribution in [1.29, 1.82) is 0 Å². The summed E-state index contributed by atoms with van der Waals surface area (Å²) in [7, 11) is 1.50. The van der Waals surface area contributed by atoms with E-state index >= 15 is 0 Å². The van der Waals surface area contributed by atoms with Crippen LogP contribution in [0.4, 0.5) is 5.69 Å². The van der Waals surface area contributed by atoms with Crippen LogP contribution >= 0.6 is 0 Å². The Kier molecular flexibility index (Phi) is 4.07. The van der Waals surface area contributed by atoms with Crippen molar-refractivity contribution in [2.24, 2.45) is 5.73 Å². The van der Waals surface area contributed by atoms with Crippen LogP contribution in [0.2, 0.25) is 0 Å². The summed E-state index contributed by atoms with van der Waals surface area (Å²) in [5.41, 5.74) is 10.5. The molecule has 3 nitrogen and oxygen atoms in total. The third-order valence-electron chi connectivity index (χ3n) is 0.893. The number of rotatable bonds is 0. The van der Waals surface area contributed by atoms with Gasteiger partial charge in [0.2, 0.25) is 0 Å². The van der Waals surface area contributed by atoms with Crippen LogP contribution < -0.4 is 11.5 Å². The molecule has 0 atom stereocenters. The Hall–Kier alpha value is -1.22. The molecule has 1 rings (SSSR count). The van der Waals surface area contributed by atoms with Gasteiger partial charge in [0.05, 0.1) is 0 Å². The standard InChI is InChI=1S/C6H7NO.CH5N/c7-5-1-3-6(8)4-2-5;1-2/h1-4,8H,7H2;2H2,1H3. The molecule has 3 heteroatoms. The zero-order chi connectivity index (χ0) is 7.98. The second-order valence-corrected chi connectivity index (χ2v) is 1.59. The molecule has 0 saturated carbocycles. The van der Waals surface area contributed by atoms with Crippen LogP contribution in [0, 0.1) is 0 Å². The van der Waals surface area contributed by atoms with E-state index in [-0.39, 0.29) is 5.75 Å². The highest BCUT2D eigenvalue weighted by molar-refractivity contribution is 5.40. The second kappa shape index (κ2) is 4.64. The van der Waals surface area contributed by atoms with E-state index in [0.29, 0.717) is 5.69 Å². The van der Waals surface area contributed by atoms with E-state index < -0.39 is 0 Å². The van der Waals surface area contributed by atoms with Crippen LogP contribution in [0.25, 0.3) is 0 Å². The highest BCUT2D eigenvalue weighted by atomic mass is 16.3. The summed E-state index contributed by atoms with van der Waals surface area (Å²) in [6, 6.07) is 6.40. The van der Waals surface area contributed by atoms with Crippen LogP contribution in [0.15, 0.2) is 24.3 Å². The first-order valence-corrected chi connectivity index (χ1v) is 2.91. The van der Waals surface area contributed by atoms with Crippen molar-refractivity contribution in [3.63, 3.8) is 0 Å². The first-order chi connectivity index (χ1) is 4.79. The highest BCUT2D eigenvalue weighted by Crippen LogP contribution is 2.09. The number of anilines is 1. The summed E-state index contributed by atoms with van der Waals surface area (Å²) >= 11 is 0. The lowest BCUT2D eigenvalue weighted by molar-refractivity contribution is 0.475. The van der Waals surface area contributed by atoms with Crippen LogP contribution in [0.1, 0.15) is 0 Å². The Morgan fingerprint density at radius 3 is 1.80 bits per heavy atom. The summed E-state index contributed by atoms with van der Waals surface area (Å²) in [5, 5.41) is 8.70. The molecule has 0 aliphatic heterocycles. The minimum atomic E-state index is 0.249. The van der Waals surface area contributed by atoms with Crippen LogP contribution in [0.5, 0.6) is 5.75 Å². The number of phenolic OH excluding ortho intramolecular Hbond substituents is 1. The maximum atomic E-state index is 8.70. The molecule has 56 valence electrons. The number of benzene rings is 1. The second-order valence-electron chi connectivity index (χ2n) is 1.59. The van der Waals surface area contributed by atoms with E-state index in [1.807, 2.05) is 0 Å². The Morgan fingerprint density at radius 2 is 1.50 bits per heavy atom. The van der Waals surface area contributed by atoms with Crippen molar-refractivity contribution < 1.29 is 5.11 Å². The molecule has 0 fully saturated rings. The van der Waals surface area contributed by atoms with Crippen LogP contribution in [0.3, 0.4) is 0 Å². The van der Waals surface area contributed by atoms with Crippen molar-refractivity contribution in [2.45, 2.75) is 0 Å². The lowest BCUT2D eigenvalue weighted by Crippen LogP contribution is -1.80. The molecule has 0 saturated heterocycles.